The molecular weight excluding hydrogens is 464 g/mol. The van der Waals surface area contributed by atoms with Crippen LogP contribution < -0.4 is 4.90 Å². The van der Waals surface area contributed by atoms with Crippen LogP contribution in [-0.4, -0.2) is 46.9 Å². The van der Waals surface area contributed by atoms with E-state index >= 15 is 0 Å². The number of fused-ring (bicyclic) bond motifs is 1. The predicted molar refractivity (Wildman–Crippen MR) is 136 cm³/mol. The molecule has 0 radical (unpaired) electrons. The molecule has 2 aliphatic rings. The van der Waals surface area contributed by atoms with Gasteiger partial charge < -0.3 is 4.90 Å². The second-order valence-electron chi connectivity index (χ2n) is 7.38. The molecule has 0 spiro atoms. The molecule has 1 amide bonds. The number of allylic oxidation sites excluding steroid dienone is 6. The maximum Gasteiger partial charge on any atom is 0.266 e. The molecule has 0 atom stereocenters. The van der Waals surface area contributed by atoms with Crippen LogP contribution in [-0.2, 0) is 14.9 Å². The summed E-state index contributed by atoms with van der Waals surface area (Å²) in [7, 11) is -3.96. The Kier molecular flexibility index (Phi) is 8.47. The van der Waals surface area contributed by atoms with Crippen molar-refractivity contribution in [3.8, 4) is 0 Å². The van der Waals surface area contributed by atoms with Gasteiger partial charge in [0, 0.05) is 30.5 Å². The van der Waals surface area contributed by atoms with Crippen LogP contribution in [0.2, 0.25) is 0 Å². The highest BCUT2D eigenvalue weighted by molar-refractivity contribution is 8.26. The highest BCUT2D eigenvalue weighted by Crippen LogP contribution is 2.33. The quantitative estimate of drug-likeness (QED) is 0.303. The minimum absolute atomic E-state index is 0.0332. The first-order valence-corrected chi connectivity index (χ1v) is 13.3. The third-order valence-electron chi connectivity index (χ3n) is 5.00. The van der Waals surface area contributed by atoms with E-state index < -0.39 is 10.1 Å². The summed E-state index contributed by atoms with van der Waals surface area (Å²) in [5, 5.41) is 0. The second-order valence-corrected chi connectivity index (χ2v) is 10.6. The minimum atomic E-state index is -3.96. The van der Waals surface area contributed by atoms with Gasteiger partial charge in [-0.3, -0.25) is 14.2 Å². The van der Waals surface area contributed by atoms with E-state index in [9.17, 15) is 13.2 Å². The zero-order valence-electron chi connectivity index (χ0n) is 17.8. The van der Waals surface area contributed by atoms with E-state index in [4.69, 9.17) is 16.8 Å². The molecule has 32 heavy (non-hydrogen) atoms. The van der Waals surface area contributed by atoms with Crippen LogP contribution in [0.25, 0.3) is 5.57 Å². The summed E-state index contributed by atoms with van der Waals surface area (Å²) < 4.78 is 31.5. The van der Waals surface area contributed by atoms with Crippen molar-refractivity contribution in [2.24, 2.45) is 0 Å². The Labute approximate surface area is 199 Å². The Morgan fingerprint density at radius 2 is 1.88 bits per heavy atom. The molecule has 9 heteroatoms. The molecule has 0 aliphatic carbocycles. The molecule has 0 bridgehead atoms. The molecule has 1 aromatic rings. The Morgan fingerprint density at radius 3 is 2.62 bits per heavy atom. The lowest BCUT2D eigenvalue weighted by Gasteiger charge is -2.27. The van der Waals surface area contributed by atoms with Crippen molar-refractivity contribution in [2.75, 3.05) is 23.7 Å². The number of thiocarbonyl (C=S) groups is 1. The summed E-state index contributed by atoms with van der Waals surface area (Å²) in [6.45, 7) is 3.23. The van der Waals surface area contributed by atoms with Crippen LogP contribution >= 0.6 is 24.0 Å². The van der Waals surface area contributed by atoms with Crippen molar-refractivity contribution in [3.63, 3.8) is 0 Å². The van der Waals surface area contributed by atoms with Crippen LogP contribution in [0.1, 0.15) is 31.7 Å². The summed E-state index contributed by atoms with van der Waals surface area (Å²) in [6, 6.07) is 7.87. The summed E-state index contributed by atoms with van der Waals surface area (Å²) in [6.07, 6.45) is 13.6. The molecule has 1 saturated heterocycles. The van der Waals surface area contributed by atoms with Crippen LogP contribution in [0.3, 0.4) is 0 Å². The molecule has 0 unspecified atom stereocenters. The molecule has 3 rings (SSSR count). The molecule has 1 aromatic carbocycles. The zero-order chi connectivity index (χ0) is 23.1. The van der Waals surface area contributed by atoms with Gasteiger partial charge in [-0.25, -0.2) is 0 Å². The average Bonchev–Trinajstić information content (AvgIpc) is 3.02. The summed E-state index contributed by atoms with van der Waals surface area (Å²) in [4.78, 5) is 16.8. The number of anilines is 1. The van der Waals surface area contributed by atoms with Crippen molar-refractivity contribution in [1.82, 2.24) is 4.90 Å². The Bertz CT molecular complexity index is 1100. The largest absolute Gasteiger partial charge is 0.347 e. The average molecular weight is 491 g/mol. The van der Waals surface area contributed by atoms with Crippen molar-refractivity contribution < 1.29 is 17.8 Å². The van der Waals surface area contributed by atoms with Gasteiger partial charge in [0.15, 0.2) is 0 Å². The van der Waals surface area contributed by atoms with Gasteiger partial charge in [-0.15, -0.1) is 0 Å². The van der Waals surface area contributed by atoms with Gasteiger partial charge in [0.25, 0.3) is 16.0 Å². The van der Waals surface area contributed by atoms with E-state index in [0.29, 0.717) is 28.7 Å². The van der Waals surface area contributed by atoms with E-state index in [-0.39, 0.29) is 11.7 Å². The molecule has 170 valence electrons. The molecule has 6 nitrogen and oxygen atoms in total. The Balaban J connectivity index is 1.69. The smallest absolute Gasteiger partial charge is 0.266 e. The molecule has 0 aromatic heterocycles. The second kappa shape index (κ2) is 11.1. The number of nitrogens with zero attached hydrogens (tertiary/aromatic N) is 2. The number of carbonyl (C=O) groups excluding carboxylic acids is 1. The van der Waals surface area contributed by atoms with Gasteiger partial charge in [0.2, 0.25) is 0 Å². The normalized spacial score (nSPS) is 19.1. The molecular formula is C23H26N2O4S3. The van der Waals surface area contributed by atoms with Gasteiger partial charge in [0.05, 0.1) is 10.7 Å². The zero-order valence-corrected chi connectivity index (χ0v) is 20.3. The van der Waals surface area contributed by atoms with Crippen LogP contribution in [0, 0.1) is 0 Å². The summed E-state index contributed by atoms with van der Waals surface area (Å²) >= 11 is 6.66. The predicted octanol–water partition coefficient (Wildman–Crippen LogP) is 4.78. The fourth-order valence-corrected chi connectivity index (χ4v) is 5.15. The fourth-order valence-electron chi connectivity index (χ4n) is 3.39. The van der Waals surface area contributed by atoms with Crippen LogP contribution in [0.5, 0.6) is 0 Å². The van der Waals surface area contributed by atoms with Crippen molar-refractivity contribution in [1.29, 1.82) is 0 Å². The number of para-hydroxylation sites is 1. The number of amides is 1. The van der Waals surface area contributed by atoms with Crippen molar-refractivity contribution in [2.45, 2.75) is 26.2 Å². The number of hydrogen-bond acceptors (Lipinski definition) is 6. The lowest BCUT2D eigenvalue weighted by molar-refractivity contribution is -0.122. The van der Waals surface area contributed by atoms with Crippen molar-refractivity contribution >= 4 is 55.6 Å². The van der Waals surface area contributed by atoms with E-state index in [2.05, 4.69) is 6.92 Å². The SMILES string of the molecule is CCCCN1C(=O)/C(=C/C=C/C=C2/C=CN(CCCS(=O)(=O)O)c3ccccc32)SC1=S. The summed E-state index contributed by atoms with van der Waals surface area (Å²) in [5.41, 5.74) is 3.01. The number of unbranched alkanes of at least 4 members (excludes halogenated alkanes) is 1. The molecule has 1 N–H and O–H groups in total. The maximum atomic E-state index is 12.5. The van der Waals surface area contributed by atoms with Gasteiger partial charge in [0.1, 0.15) is 4.32 Å². The maximum absolute atomic E-state index is 12.5. The van der Waals surface area contributed by atoms with E-state index in [0.717, 1.165) is 29.7 Å². The first-order valence-electron chi connectivity index (χ1n) is 10.4. The van der Waals surface area contributed by atoms with Gasteiger partial charge in [-0.05, 0) is 36.6 Å². The third-order valence-corrected chi connectivity index (χ3v) is 7.20. The first kappa shape index (κ1) is 24.4. The van der Waals surface area contributed by atoms with Crippen molar-refractivity contribution in [3.05, 3.63) is 71.3 Å². The number of carbonyl (C=O) groups is 1. The van der Waals surface area contributed by atoms with E-state index in [1.165, 1.54) is 11.8 Å². The lowest BCUT2D eigenvalue weighted by atomic mass is 9.99. The van der Waals surface area contributed by atoms with Gasteiger partial charge in [-0.2, -0.15) is 8.42 Å². The standard InChI is InChI=1S/C23H26N2O4S3/c1-2-3-15-25-22(26)21(31-23(25)30)12-7-4-9-18-13-16-24(14-8-17-32(27,28)29)20-11-6-5-10-19(18)20/h4-7,9-13,16H,2-3,8,14-15,17H2,1H3,(H,27,28,29)/b7-4+,18-9-,21-12-. The van der Waals surface area contributed by atoms with Crippen LogP contribution in [0.15, 0.2) is 65.8 Å². The molecule has 2 heterocycles. The monoisotopic (exact) mass is 490 g/mol. The number of benzene rings is 1. The number of thioether (sulfide) groups is 1. The van der Waals surface area contributed by atoms with E-state index in [1.807, 2.05) is 59.7 Å². The fraction of sp³-hybridized carbons (Fsp3) is 0.304. The number of hydrogen-bond donors (Lipinski definition) is 1. The Morgan fingerprint density at radius 1 is 1.12 bits per heavy atom. The lowest BCUT2D eigenvalue weighted by Crippen LogP contribution is -2.28. The first-order chi connectivity index (χ1) is 15.3. The topological polar surface area (TPSA) is 77.9 Å². The van der Waals surface area contributed by atoms with Gasteiger partial charge >= 0.3 is 0 Å². The number of rotatable bonds is 9. The van der Waals surface area contributed by atoms with Crippen LogP contribution in [0.4, 0.5) is 5.69 Å². The molecule has 0 saturated carbocycles. The van der Waals surface area contributed by atoms with Gasteiger partial charge in [-0.1, -0.05) is 73.8 Å². The third kappa shape index (κ3) is 6.41. The van der Waals surface area contributed by atoms with E-state index in [1.54, 1.807) is 11.0 Å². The minimum Gasteiger partial charge on any atom is -0.347 e. The molecule has 1 fully saturated rings. The Hall–Kier alpha value is -2.20. The molecule has 2 aliphatic heterocycles. The highest BCUT2D eigenvalue weighted by atomic mass is 32.2. The highest BCUT2D eigenvalue weighted by Gasteiger charge is 2.30. The summed E-state index contributed by atoms with van der Waals surface area (Å²) in [5.74, 6) is -0.301.